The van der Waals surface area contributed by atoms with Gasteiger partial charge in [-0.3, -0.25) is 0 Å². The van der Waals surface area contributed by atoms with Gasteiger partial charge in [-0.15, -0.1) is 0 Å². The van der Waals surface area contributed by atoms with Crippen LogP contribution in [-0.2, 0) is 0 Å². The molecule has 2 heterocycles. The largest absolute Gasteiger partial charge is 0.355 e. The maximum absolute atomic E-state index is 9.35. The second-order valence-electron chi connectivity index (χ2n) is 6.28. The molecule has 0 aliphatic carbocycles. The molecule has 24 heavy (non-hydrogen) atoms. The number of anilines is 1. The summed E-state index contributed by atoms with van der Waals surface area (Å²) < 4.78 is 0. The van der Waals surface area contributed by atoms with Crippen molar-refractivity contribution in [3.63, 3.8) is 0 Å². The maximum atomic E-state index is 9.35. The standard InChI is InChI=1S/C17H17Cl2N5/c1-17(21)5-7-24(8-6-17)14-10-22-13(9-20)16(23-14)11-3-2-4-12(18)15(11)19/h2-4,10H,5-8,21H2,1H3. The van der Waals surface area contributed by atoms with Crippen LogP contribution in [0, 0.1) is 11.3 Å². The monoisotopic (exact) mass is 361 g/mol. The molecule has 0 bridgehead atoms. The van der Waals surface area contributed by atoms with E-state index >= 15 is 0 Å². The molecule has 1 saturated heterocycles. The fraction of sp³-hybridized carbons (Fsp3) is 0.353. The lowest BCUT2D eigenvalue weighted by atomic mass is 9.91. The summed E-state index contributed by atoms with van der Waals surface area (Å²) in [5.74, 6) is 0.718. The zero-order valence-electron chi connectivity index (χ0n) is 13.3. The summed E-state index contributed by atoms with van der Waals surface area (Å²) in [7, 11) is 0. The van der Waals surface area contributed by atoms with E-state index in [4.69, 9.17) is 28.9 Å². The third-order valence-electron chi connectivity index (χ3n) is 4.30. The van der Waals surface area contributed by atoms with Crippen molar-refractivity contribution >= 4 is 29.0 Å². The van der Waals surface area contributed by atoms with Crippen molar-refractivity contribution < 1.29 is 0 Å². The van der Waals surface area contributed by atoms with Crippen LogP contribution in [0.2, 0.25) is 10.0 Å². The van der Waals surface area contributed by atoms with Gasteiger partial charge in [-0.1, -0.05) is 35.3 Å². The average molecular weight is 362 g/mol. The zero-order chi connectivity index (χ0) is 17.3. The molecule has 0 saturated carbocycles. The van der Waals surface area contributed by atoms with Gasteiger partial charge in [-0.05, 0) is 25.8 Å². The summed E-state index contributed by atoms with van der Waals surface area (Å²) in [5.41, 5.74) is 7.32. The van der Waals surface area contributed by atoms with Crippen molar-refractivity contribution in [2.75, 3.05) is 18.0 Å². The van der Waals surface area contributed by atoms with Crippen molar-refractivity contribution in [2.45, 2.75) is 25.3 Å². The summed E-state index contributed by atoms with van der Waals surface area (Å²) in [4.78, 5) is 11.0. The number of benzene rings is 1. The summed E-state index contributed by atoms with van der Waals surface area (Å²) in [6.45, 7) is 3.67. The maximum Gasteiger partial charge on any atom is 0.167 e. The van der Waals surface area contributed by atoms with Crippen molar-refractivity contribution in [3.05, 3.63) is 40.1 Å². The van der Waals surface area contributed by atoms with Gasteiger partial charge in [0.25, 0.3) is 0 Å². The van der Waals surface area contributed by atoms with Crippen LogP contribution in [0.4, 0.5) is 5.82 Å². The molecule has 1 aromatic heterocycles. The van der Waals surface area contributed by atoms with Crippen molar-refractivity contribution in [2.24, 2.45) is 5.73 Å². The number of nitrogens with zero attached hydrogens (tertiary/aromatic N) is 4. The Balaban J connectivity index is 2.01. The first-order valence-corrected chi connectivity index (χ1v) is 8.42. The predicted octanol–water partition coefficient (Wildman–Crippen LogP) is 3.64. The molecule has 1 aromatic carbocycles. The zero-order valence-corrected chi connectivity index (χ0v) is 14.8. The molecular formula is C17H17Cl2N5. The van der Waals surface area contributed by atoms with E-state index < -0.39 is 0 Å². The smallest absolute Gasteiger partial charge is 0.167 e. The van der Waals surface area contributed by atoms with Crippen LogP contribution in [0.15, 0.2) is 24.4 Å². The molecule has 2 N–H and O–H groups in total. The molecular weight excluding hydrogens is 345 g/mol. The molecule has 2 aromatic rings. The fourth-order valence-corrected chi connectivity index (χ4v) is 3.13. The third kappa shape index (κ3) is 3.32. The Morgan fingerprint density at radius 2 is 2.00 bits per heavy atom. The van der Waals surface area contributed by atoms with Gasteiger partial charge in [0.1, 0.15) is 17.6 Å². The molecule has 1 fully saturated rings. The van der Waals surface area contributed by atoms with Crippen LogP contribution in [0.3, 0.4) is 0 Å². The minimum Gasteiger partial charge on any atom is -0.355 e. The minimum absolute atomic E-state index is 0.143. The molecule has 3 rings (SSSR count). The van der Waals surface area contributed by atoms with E-state index in [0.29, 0.717) is 21.3 Å². The Morgan fingerprint density at radius 1 is 1.29 bits per heavy atom. The number of piperidine rings is 1. The Morgan fingerprint density at radius 3 is 2.67 bits per heavy atom. The fourth-order valence-electron chi connectivity index (χ4n) is 2.74. The van der Waals surface area contributed by atoms with Crippen LogP contribution in [0.1, 0.15) is 25.5 Å². The molecule has 1 aliphatic rings. The molecule has 0 atom stereocenters. The Kier molecular flexibility index (Phi) is 4.64. The van der Waals surface area contributed by atoms with Gasteiger partial charge in [-0.2, -0.15) is 5.26 Å². The number of nitriles is 1. The number of aromatic nitrogens is 2. The average Bonchev–Trinajstić information content (AvgIpc) is 2.57. The minimum atomic E-state index is -0.143. The second kappa shape index (κ2) is 6.56. The van der Waals surface area contributed by atoms with Crippen LogP contribution >= 0.6 is 23.2 Å². The number of nitrogens with two attached hydrogens (primary N) is 1. The van der Waals surface area contributed by atoms with E-state index in [1.807, 2.05) is 0 Å². The van der Waals surface area contributed by atoms with Crippen molar-refractivity contribution in [1.82, 2.24) is 9.97 Å². The lowest BCUT2D eigenvalue weighted by molar-refractivity contribution is 0.363. The molecule has 1 aliphatic heterocycles. The van der Waals surface area contributed by atoms with Gasteiger partial charge in [0, 0.05) is 24.2 Å². The molecule has 7 heteroatoms. The topological polar surface area (TPSA) is 78.8 Å². The highest BCUT2D eigenvalue weighted by Gasteiger charge is 2.27. The van der Waals surface area contributed by atoms with Crippen LogP contribution in [-0.4, -0.2) is 28.6 Å². The van der Waals surface area contributed by atoms with Gasteiger partial charge in [0.2, 0.25) is 0 Å². The van der Waals surface area contributed by atoms with Crippen molar-refractivity contribution in [3.8, 4) is 17.3 Å². The first-order valence-electron chi connectivity index (χ1n) is 7.67. The first kappa shape index (κ1) is 17.0. The van der Waals surface area contributed by atoms with Gasteiger partial charge >= 0.3 is 0 Å². The number of hydrogen-bond acceptors (Lipinski definition) is 5. The van der Waals surface area contributed by atoms with Gasteiger partial charge in [0.05, 0.1) is 16.2 Å². The lowest BCUT2D eigenvalue weighted by Crippen LogP contribution is -2.48. The second-order valence-corrected chi connectivity index (χ2v) is 7.06. The Hall–Kier alpha value is -1.87. The molecule has 124 valence electrons. The number of halogens is 2. The van der Waals surface area contributed by atoms with Gasteiger partial charge in [0.15, 0.2) is 5.69 Å². The molecule has 0 unspecified atom stereocenters. The summed E-state index contributed by atoms with van der Waals surface area (Å²) in [6.07, 6.45) is 3.38. The number of hydrogen-bond donors (Lipinski definition) is 1. The summed E-state index contributed by atoms with van der Waals surface area (Å²) >= 11 is 12.4. The molecule has 0 spiro atoms. The highest BCUT2D eigenvalue weighted by atomic mass is 35.5. The van der Waals surface area contributed by atoms with Crippen LogP contribution < -0.4 is 10.6 Å². The first-order chi connectivity index (χ1) is 11.4. The van der Waals surface area contributed by atoms with E-state index in [-0.39, 0.29) is 11.2 Å². The van der Waals surface area contributed by atoms with E-state index in [2.05, 4.69) is 27.9 Å². The summed E-state index contributed by atoms with van der Waals surface area (Å²) in [5, 5.41) is 10.1. The van der Waals surface area contributed by atoms with Crippen molar-refractivity contribution in [1.29, 1.82) is 5.26 Å². The lowest BCUT2D eigenvalue weighted by Gasteiger charge is -2.37. The molecule has 5 nitrogen and oxygen atoms in total. The normalized spacial score (nSPS) is 16.7. The van der Waals surface area contributed by atoms with Gasteiger partial charge in [-0.25, -0.2) is 9.97 Å². The quantitative estimate of drug-likeness (QED) is 0.882. The van der Waals surface area contributed by atoms with E-state index in [1.165, 1.54) is 0 Å². The molecule has 0 radical (unpaired) electrons. The van der Waals surface area contributed by atoms with Crippen LogP contribution in [0.25, 0.3) is 11.3 Å². The van der Waals surface area contributed by atoms with Crippen LogP contribution in [0.5, 0.6) is 0 Å². The van der Waals surface area contributed by atoms with E-state index in [9.17, 15) is 5.26 Å². The highest BCUT2D eigenvalue weighted by Crippen LogP contribution is 2.34. The summed E-state index contributed by atoms with van der Waals surface area (Å²) in [6, 6.07) is 7.33. The highest BCUT2D eigenvalue weighted by molar-refractivity contribution is 6.43. The SMILES string of the molecule is CC1(N)CCN(c2cnc(C#N)c(-c3cccc(Cl)c3Cl)n2)CC1. The molecule has 0 amide bonds. The number of rotatable bonds is 2. The van der Waals surface area contributed by atoms with E-state index in [0.717, 1.165) is 31.7 Å². The Bertz CT molecular complexity index is 803. The third-order valence-corrected chi connectivity index (χ3v) is 5.12. The predicted molar refractivity (Wildman–Crippen MR) is 96.2 cm³/mol. The Labute approximate surface area is 151 Å². The van der Waals surface area contributed by atoms with Gasteiger partial charge < -0.3 is 10.6 Å². The van der Waals surface area contributed by atoms with E-state index in [1.54, 1.807) is 24.4 Å².